The number of rotatable bonds is 4. The minimum absolute atomic E-state index is 0.0162. The Morgan fingerprint density at radius 1 is 0.929 bits per heavy atom. The number of hydrogen-bond donors (Lipinski definition) is 7. The highest BCUT2D eigenvalue weighted by Gasteiger charge is 2.35. The third kappa shape index (κ3) is 6.83. The van der Waals surface area contributed by atoms with Gasteiger partial charge in [-0.25, -0.2) is 0 Å². The predicted molar refractivity (Wildman–Crippen MR) is 97.1 cm³/mol. The molecule has 2 aliphatic heterocycles. The highest BCUT2D eigenvalue weighted by atomic mass is 16.7. The van der Waals surface area contributed by atoms with Crippen LogP contribution in [-0.4, -0.2) is 87.0 Å². The van der Waals surface area contributed by atoms with Crippen molar-refractivity contribution in [2.45, 2.75) is 62.4 Å². The molecule has 0 radical (unpaired) electrons. The van der Waals surface area contributed by atoms with Crippen LogP contribution >= 0.6 is 0 Å². The van der Waals surface area contributed by atoms with Crippen molar-refractivity contribution in [1.29, 1.82) is 0 Å². The molecule has 2 aliphatic rings. The number of benzene rings is 1. The van der Waals surface area contributed by atoms with E-state index >= 15 is 0 Å². The summed E-state index contributed by atoms with van der Waals surface area (Å²) in [7, 11) is 0. The molecule has 1 aromatic carbocycles. The van der Waals surface area contributed by atoms with Gasteiger partial charge in [-0.3, -0.25) is 0 Å². The molecule has 160 valence electrons. The molecule has 0 aromatic heterocycles. The highest BCUT2D eigenvalue weighted by Crippen LogP contribution is 2.23. The second-order valence-electron chi connectivity index (χ2n) is 6.79. The molecule has 7 atom stereocenters. The van der Waals surface area contributed by atoms with Crippen LogP contribution in [0.3, 0.4) is 0 Å². The summed E-state index contributed by atoms with van der Waals surface area (Å²) in [5, 5.41) is 54.3. The number of nitrogens with two attached hydrogens (primary N) is 1. The Balaban J connectivity index is 0.000000221. The zero-order valence-corrected chi connectivity index (χ0v) is 15.4. The molecule has 0 saturated carbocycles. The number of nitrogen functional groups attached to an aromatic ring is 1. The standard InChI is InChI=1S/C12H17NO4.C6H12O5/c13-8-1-3-10(4-2-8)16-12-6-9(15)5-11(7-14)17-12;7-2-4-6(10)3(8)1-5(9)11-4/h1-4,9,11-12,14-15H,5-7,13H2;3-10H,1-2H2/t9-,11-,12+;3-,4-,5-,6-/m01/s1. The molecule has 1 aromatic rings. The molecule has 2 heterocycles. The average molecular weight is 403 g/mol. The number of ether oxygens (including phenoxy) is 3. The fourth-order valence-corrected chi connectivity index (χ4v) is 2.92. The minimum Gasteiger partial charge on any atom is -0.465 e. The van der Waals surface area contributed by atoms with Crippen molar-refractivity contribution >= 4 is 5.69 Å². The van der Waals surface area contributed by atoms with Gasteiger partial charge in [-0.05, 0) is 24.3 Å². The van der Waals surface area contributed by atoms with Crippen LogP contribution in [0.5, 0.6) is 5.75 Å². The first-order valence-corrected chi connectivity index (χ1v) is 9.09. The van der Waals surface area contributed by atoms with Gasteiger partial charge in [0.05, 0.1) is 31.5 Å². The van der Waals surface area contributed by atoms with E-state index in [1.807, 2.05) is 0 Å². The molecule has 28 heavy (non-hydrogen) atoms. The van der Waals surface area contributed by atoms with E-state index < -0.39 is 43.6 Å². The molecule has 0 spiro atoms. The van der Waals surface area contributed by atoms with Gasteiger partial charge < -0.3 is 50.6 Å². The molecule has 0 unspecified atom stereocenters. The Morgan fingerprint density at radius 2 is 1.61 bits per heavy atom. The number of aliphatic hydroxyl groups is 6. The molecule has 10 nitrogen and oxygen atoms in total. The van der Waals surface area contributed by atoms with Gasteiger partial charge >= 0.3 is 0 Å². The maximum atomic E-state index is 9.61. The molecule has 0 amide bonds. The van der Waals surface area contributed by atoms with Crippen LogP contribution in [0.1, 0.15) is 19.3 Å². The third-order valence-corrected chi connectivity index (χ3v) is 4.43. The van der Waals surface area contributed by atoms with Crippen LogP contribution < -0.4 is 10.5 Å². The van der Waals surface area contributed by atoms with Crippen LogP contribution in [0.15, 0.2) is 24.3 Å². The fourth-order valence-electron chi connectivity index (χ4n) is 2.92. The van der Waals surface area contributed by atoms with Gasteiger partial charge in [-0.2, -0.15) is 0 Å². The molecule has 2 saturated heterocycles. The van der Waals surface area contributed by atoms with Crippen molar-refractivity contribution in [2.24, 2.45) is 0 Å². The summed E-state index contributed by atoms with van der Waals surface area (Å²) in [4.78, 5) is 0. The van der Waals surface area contributed by atoms with Gasteiger partial charge in [0.1, 0.15) is 18.0 Å². The molecule has 0 aliphatic carbocycles. The molecule has 2 fully saturated rings. The largest absolute Gasteiger partial charge is 0.465 e. The summed E-state index contributed by atoms with van der Waals surface area (Å²) in [6, 6.07) is 6.96. The second kappa shape index (κ2) is 10.9. The number of anilines is 1. The van der Waals surface area contributed by atoms with Crippen molar-refractivity contribution < 1.29 is 44.8 Å². The van der Waals surface area contributed by atoms with Crippen molar-refractivity contribution in [2.75, 3.05) is 18.9 Å². The van der Waals surface area contributed by atoms with E-state index in [9.17, 15) is 5.11 Å². The Hall–Kier alpha value is -1.50. The lowest BCUT2D eigenvalue weighted by molar-refractivity contribution is -0.239. The van der Waals surface area contributed by atoms with E-state index in [2.05, 4.69) is 0 Å². The quantitative estimate of drug-likeness (QED) is 0.287. The SMILES string of the molecule is Nc1ccc(O[C@H]2C[C@@H](O)C[C@@H](CO)O2)cc1.OC[C@H]1O[C@@H](O)C[C@@H](O)[C@H]1O. The lowest BCUT2D eigenvalue weighted by Gasteiger charge is -2.33. The Kier molecular flexibility index (Phi) is 8.86. The van der Waals surface area contributed by atoms with E-state index in [-0.39, 0.29) is 19.1 Å². The first-order chi connectivity index (χ1) is 13.3. The maximum Gasteiger partial charge on any atom is 0.202 e. The summed E-state index contributed by atoms with van der Waals surface area (Å²) in [5.41, 5.74) is 6.23. The Bertz CT molecular complexity index is 573. The highest BCUT2D eigenvalue weighted by molar-refractivity contribution is 5.41. The zero-order chi connectivity index (χ0) is 20.7. The monoisotopic (exact) mass is 403 g/mol. The van der Waals surface area contributed by atoms with E-state index in [4.69, 9.17) is 45.5 Å². The lowest BCUT2D eigenvalue weighted by atomic mass is 10.0. The average Bonchev–Trinajstić information content (AvgIpc) is 2.66. The lowest BCUT2D eigenvalue weighted by Crippen LogP contribution is -2.49. The number of hydrogen-bond acceptors (Lipinski definition) is 10. The van der Waals surface area contributed by atoms with Crippen molar-refractivity contribution in [3.8, 4) is 5.75 Å². The van der Waals surface area contributed by atoms with Crippen LogP contribution in [-0.2, 0) is 9.47 Å². The predicted octanol–water partition coefficient (Wildman–Crippen LogP) is -1.69. The molecule has 8 N–H and O–H groups in total. The van der Waals surface area contributed by atoms with Crippen LogP contribution in [0.2, 0.25) is 0 Å². The Labute approximate surface area is 162 Å². The van der Waals surface area contributed by atoms with Crippen LogP contribution in [0.25, 0.3) is 0 Å². The van der Waals surface area contributed by atoms with E-state index in [0.717, 1.165) is 0 Å². The summed E-state index contributed by atoms with van der Waals surface area (Å²) >= 11 is 0. The van der Waals surface area contributed by atoms with E-state index in [1.165, 1.54) is 0 Å². The van der Waals surface area contributed by atoms with Crippen molar-refractivity contribution in [3.05, 3.63) is 24.3 Å². The summed E-state index contributed by atoms with van der Waals surface area (Å²) in [5.74, 6) is 0.634. The van der Waals surface area contributed by atoms with Gasteiger partial charge in [0, 0.05) is 24.9 Å². The molecule has 10 heteroatoms. The molecule has 0 bridgehead atoms. The number of aliphatic hydroxyl groups excluding tert-OH is 6. The topological polar surface area (TPSA) is 175 Å². The normalized spacial score (nSPS) is 35.6. The van der Waals surface area contributed by atoms with Crippen molar-refractivity contribution in [3.63, 3.8) is 0 Å². The minimum atomic E-state index is -1.11. The maximum absolute atomic E-state index is 9.61. The molecular formula is C18H29NO9. The van der Waals surface area contributed by atoms with Gasteiger partial charge in [0.2, 0.25) is 6.29 Å². The zero-order valence-electron chi connectivity index (χ0n) is 15.4. The first-order valence-electron chi connectivity index (χ1n) is 9.09. The van der Waals surface area contributed by atoms with Crippen LogP contribution in [0, 0.1) is 0 Å². The summed E-state index contributed by atoms with van der Waals surface area (Å²) in [6.07, 6.45) is -4.66. The summed E-state index contributed by atoms with van der Waals surface area (Å²) < 4.78 is 15.8. The summed E-state index contributed by atoms with van der Waals surface area (Å²) in [6.45, 7) is -0.520. The van der Waals surface area contributed by atoms with Crippen molar-refractivity contribution in [1.82, 2.24) is 0 Å². The third-order valence-electron chi connectivity index (χ3n) is 4.43. The first kappa shape index (κ1) is 22.8. The van der Waals surface area contributed by atoms with Gasteiger partial charge in [0.15, 0.2) is 6.29 Å². The van der Waals surface area contributed by atoms with E-state index in [0.29, 0.717) is 24.3 Å². The smallest absolute Gasteiger partial charge is 0.202 e. The van der Waals surface area contributed by atoms with E-state index in [1.54, 1.807) is 24.3 Å². The van der Waals surface area contributed by atoms with Crippen LogP contribution in [0.4, 0.5) is 5.69 Å². The van der Waals surface area contributed by atoms with Gasteiger partial charge in [0.25, 0.3) is 0 Å². The Morgan fingerprint density at radius 3 is 2.21 bits per heavy atom. The molecular weight excluding hydrogens is 374 g/mol. The van der Waals surface area contributed by atoms with Gasteiger partial charge in [-0.15, -0.1) is 0 Å². The second-order valence-corrected chi connectivity index (χ2v) is 6.79. The van der Waals surface area contributed by atoms with Gasteiger partial charge in [-0.1, -0.05) is 0 Å². The fraction of sp³-hybridized carbons (Fsp3) is 0.667. The molecule has 3 rings (SSSR count).